The SMILES string of the molecule is O=C(NCc1ncc[nH]1)c1cccnc1. The summed E-state index contributed by atoms with van der Waals surface area (Å²) in [5.74, 6) is 0.576. The summed E-state index contributed by atoms with van der Waals surface area (Å²) in [6.45, 7) is 0.390. The number of rotatable bonds is 3. The third-order valence-corrected chi connectivity index (χ3v) is 1.89. The van der Waals surface area contributed by atoms with E-state index in [1.807, 2.05) is 0 Å². The molecule has 1 amide bonds. The normalized spacial score (nSPS) is 9.87. The van der Waals surface area contributed by atoms with Crippen molar-refractivity contribution in [1.29, 1.82) is 0 Å². The Bertz CT molecular complexity index is 424. The van der Waals surface area contributed by atoms with Gasteiger partial charge in [-0.1, -0.05) is 0 Å². The number of hydrogen-bond donors (Lipinski definition) is 2. The third-order valence-electron chi connectivity index (χ3n) is 1.89. The summed E-state index contributed by atoms with van der Waals surface area (Å²) in [6.07, 6.45) is 6.51. The number of nitrogens with zero attached hydrogens (tertiary/aromatic N) is 2. The largest absolute Gasteiger partial charge is 0.347 e. The van der Waals surface area contributed by atoms with Gasteiger partial charge in [0.05, 0.1) is 12.1 Å². The van der Waals surface area contributed by atoms with Crippen molar-refractivity contribution in [2.45, 2.75) is 6.54 Å². The fourth-order valence-electron chi connectivity index (χ4n) is 1.16. The molecule has 0 aliphatic rings. The molecule has 0 radical (unpaired) electrons. The lowest BCUT2D eigenvalue weighted by Crippen LogP contribution is -2.23. The zero-order chi connectivity index (χ0) is 10.5. The fraction of sp³-hybridized carbons (Fsp3) is 0.100. The molecule has 76 valence electrons. The van der Waals surface area contributed by atoms with Crippen LogP contribution in [-0.4, -0.2) is 20.9 Å². The molecule has 2 N–H and O–H groups in total. The lowest BCUT2D eigenvalue weighted by Gasteiger charge is -2.01. The van der Waals surface area contributed by atoms with Crippen molar-refractivity contribution in [3.8, 4) is 0 Å². The van der Waals surface area contributed by atoms with Gasteiger partial charge in [0.1, 0.15) is 5.82 Å². The van der Waals surface area contributed by atoms with E-state index in [9.17, 15) is 4.79 Å². The van der Waals surface area contributed by atoms with Crippen LogP contribution in [0.5, 0.6) is 0 Å². The molecule has 0 saturated heterocycles. The lowest BCUT2D eigenvalue weighted by molar-refractivity contribution is 0.0949. The van der Waals surface area contributed by atoms with Gasteiger partial charge in [0.15, 0.2) is 0 Å². The highest BCUT2D eigenvalue weighted by molar-refractivity contribution is 5.93. The second-order valence-electron chi connectivity index (χ2n) is 2.96. The van der Waals surface area contributed by atoms with Crippen LogP contribution < -0.4 is 5.32 Å². The van der Waals surface area contributed by atoms with Crippen LogP contribution in [-0.2, 0) is 6.54 Å². The van der Waals surface area contributed by atoms with Crippen molar-refractivity contribution in [1.82, 2.24) is 20.3 Å². The number of carbonyl (C=O) groups is 1. The Hall–Kier alpha value is -2.17. The topological polar surface area (TPSA) is 70.7 Å². The molecule has 2 aromatic heterocycles. The molecule has 2 aromatic rings. The standard InChI is InChI=1S/C10H10N4O/c15-10(8-2-1-3-11-6-8)14-7-9-12-4-5-13-9/h1-6H,7H2,(H,12,13)(H,14,15). The zero-order valence-electron chi connectivity index (χ0n) is 7.97. The number of nitrogens with one attached hydrogen (secondary N) is 2. The number of aromatic nitrogens is 3. The molecule has 2 heterocycles. The van der Waals surface area contributed by atoms with Gasteiger partial charge in [0.25, 0.3) is 5.91 Å². The Balaban J connectivity index is 1.94. The molecule has 0 unspecified atom stereocenters. The first-order chi connectivity index (χ1) is 7.36. The molecule has 0 aliphatic carbocycles. The minimum atomic E-state index is -0.153. The highest BCUT2D eigenvalue weighted by atomic mass is 16.1. The van der Waals surface area contributed by atoms with Crippen molar-refractivity contribution in [3.63, 3.8) is 0 Å². The summed E-state index contributed by atoms with van der Waals surface area (Å²) in [6, 6.07) is 3.44. The average Bonchev–Trinajstić information content (AvgIpc) is 2.80. The first-order valence-corrected chi connectivity index (χ1v) is 4.53. The number of imidazole rings is 1. The number of carbonyl (C=O) groups excluding carboxylic acids is 1. The molecule has 0 fully saturated rings. The van der Waals surface area contributed by atoms with Crippen molar-refractivity contribution < 1.29 is 4.79 Å². The first kappa shape index (κ1) is 9.39. The Morgan fingerprint density at radius 2 is 2.40 bits per heavy atom. The van der Waals surface area contributed by atoms with Crippen LogP contribution in [0, 0.1) is 0 Å². The van der Waals surface area contributed by atoms with Crippen molar-refractivity contribution in [2.75, 3.05) is 0 Å². The lowest BCUT2D eigenvalue weighted by atomic mass is 10.3. The van der Waals surface area contributed by atoms with Gasteiger partial charge in [-0.3, -0.25) is 9.78 Å². The Morgan fingerprint density at radius 3 is 3.07 bits per heavy atom. The van der Waals surface area contributed by atoms with Crippen LogP contribution >= 0.6 is 0 Å². The molecule has 0 bridgehead atoms. The van der Waals surface area contributed by atoms with Gasteiger partial charge >= 0.3 is 0 Å². The van der Waals surface area contributed by atoms with Crippen LogP contribution in [0.4, 0.5) is 0 Å². The summed E-state index contributed by atoms with van der Waals surface area (Å²) in [7, 11) is 0. The van der Waals surface area contributed by atoms with E-state index in [0.717, 1.165) is 5.82 Å². The number of aromatic amines is 1. The van der Waals surface area contributed by atoms with E-state index in [2.05, 4.69) is 20.3 Å². The Morgan fingerprint density at radius 1 is 1.47 bits per heavy atom. The molecule has 0 aromatic carbocycles. The summed E-state index contributed by atoms with van der Waals surface area (Å²) >= 11 is 0. The first-order valence-electron chi connectivity index (χ1n) is 4.53. The van der Waals surface area contributed by atoms with E-state index in [1.165, 1.54) is 6.20 Å². The van der Waals surface area contributed by atoms with E-state index in [0.29, 0.717) is 12.1 Å². The summed E-state index contributed by atoms with van der Waals surface area (Å²) < 4.78 is 0. The molecule has 0 aliphatic heterocycles. The molecule has 5 nitrogen and oxygen atoms in total. The molecular weight excluding hydrogens is 192 g/mol. The minimum Gasteiger partial charge on any atom is -0.347 e. The Labute approximate surface area is 86.6 Å². The third kappa shape index (κ3) is 2.40. The highest BCUT2D eigenvalue weighted by Gasteiger charge is 2.04. The summed E-state index contributed by atoms with van der Waals surface area (Å²) in [5.41, 5.74) is 0.545. The van der Waals surface area contributed by atoms with E-state index in [-0.39, 0.29) is 5.91 Å². The quantitative estimate of drug-likeness (QED) is 0.771. The molecule has 0 spiro atoms. The highest BCUT2D eigenvalue weighted by Crippen LogP contribution is 1.96. The predicted octanol–water partition coefficient (Wildman–Crippen LogP) is 0.735. The minimum absolute atomic E-state index is 0.153. The maximum atomic E-state index is 11.5. The fourth-order valence-corrected chi connectivity index (χ4v) is 1.16. The Kier molecular flexibility index (Phi) is 2.73. The number of hydrogen-bond acceptors (Lipinski definition) is 3. The number of amides is 1. The van der Waals surface area contributed by atoms with Crippen molar-refractivity contribution in [3.05, 3.63) is 48.3 Å². The molecule has 2 rings (SSSR count). The average molecular weight is 202 g/mol. The van der Waals surface area contributed by atoms with Gasteiger partial charge in [-0.05, 0) is 12.1 Å². The predicted molar refractivity (Wildman–Crippen MR) is 54.0 cm³/mol. The monoisotopic (exact) mass is 202 g/mol. The molecule has 0 atom stereocenters. The van der Waals surface area contributed by atoms with Gasteiger partial charge in [-0.25, -0.2) is 4.98 Å². The van der Waals surface area contributed by atoms with Crippen LogP contribution in [0.2, 0.25) is 0 Å². The maximum absolute atomic E-state index is 11.5. The van der Waals surface area contributed by atoms with Crippen molar-refractivity contribution >= 4 is 5.91 Å². The molecular formula is C10H10N4O. The second kappa shape index (κ2) is 4.36. The van der Waals surface area contributed by atoms with Gasteiger partial charge in [-0.2, -0.15) is 0 Å². The van der Waals surface area contributed by atoms with Crippen LogP contribution in [0.3, 0.4) is 0 Å². The van der Waals surface area contributed by atoms with Gasteiger partial charge in [0, 0.05) is 24.8 Å². The van der Waals surface area contributed by atoms with E-state index in [4.69, 9.17) is 0 Å². The zero-order valence-corrected chi connectivity index (χ0v) is 7.97. The molecule has 15 heavy (non-hydrogen) atoms. The maximum Gasteiger partial charge on any atom is 0.253 e. The van der Waals surface area contributed by atoms with Crippen LogP contribution in [0.25, 0.3) is 0 Å². The van der Waals surface area contributed by atoms with Gasteiger partial charge in [-0.15, -0.1) is 0 Å². The van der Waals surface area contributed by atoms with Crippen molar-refractivity contribution in [2.24, 2.45) is 0 Å². The van der Waals surface area contributed by atoms with E-state index in [1.54, 1.807) is 30.7 Å². The van der Waals surface area contributed by atoms with Crippen LogP contribution in [0.15, 0.2) is 36.9 Å². The summed E-state index contributed by atoms with van der Waals surface area (Å²) in [5, 5.41) is 2.73. The van der Waals surface area contributed by atoms with Gasteiger partial charge in [0.2, 0.25) is 0 Å². The molecule has 0 saturated carbocycles. The smallest absolute Gasteiger partial charge is 0.253 e. The van der Waals surface area contributed by atoms with E-state index >= 15 is 0 Å². The number of H-pyrrole nitrogens is 1. The number of pyridine rings is 1. The molecule has 5 heteroatoms. The van der Waals surface area contributed by atoms with E-state index < -0.39 is 0 Å². The van der Waals surface area contributed by atoms with Crippen LogP contribution in [0.1, 0.15) is 16.2 Å². The summed E-state index contributed by atoms with van der Waals surface area (Å²) in [4.78, 5) is 22.3. The van der Waals surface area contributed by atoms with Gasteiger partial charge < -0.3 is 10.3 Å². The second-order valence-corrected chi connectivity index (χ2v) is 2.96.